The number of methoxy groups -OCH3 is 2. The maximum Gasteiger partial charge on any atom is 0.131 e. The van der Waals surface area contributed by atoms with Crippen molar-refractivity contribution in [2.45, 2.75) is 19.0 Å². The first-order chi connectivity index (χ1) is 8.71. The highest BCUT2D eigenvalue weighted by molar-refractivity contribution is 6.17. The van der Waals surface area contributed by atoms with Gasteiger partial charge in [-0.2, -0.15) is 0 Å². The Labute approximate surface area is 112 Å². The molecule has 18 heavy (non-hydrogen) atoms. The van der Waals surface area contributed by atoms with Gasteiger partial charge in [0, 0.05) is 37.2 Å². The van der Waals surface area contributed by atoms with Crippen LogP contribution in [-0.4, -0.2) is 32.7 Å². The van der Waals surface area contributed by atoms with Crippen LogP contribution in [0.15, 0.2) is 18.2 Å². The molecule has 1 rings (SSSR count). The summed E-state index contributed by atoms with van der Waals surface area (Å²) in [4.78, 5) is 0. The Hall–Kier alpha value is -0.840. The maximum absolute atomic E-state index is 13.7. The average molecular weight is 276 g/mol. The van der Waals surface area contributed by atoms with Crippen LogP contribution in [0.4, 0.5) is 4.39 Å². The molecule has 5 heteroatoms. The van der Waals surface area contributed by atoms with Gasteiger partial charge in [0.1, 0.15) is 11.6 Å². The standard InChI is InChI=1S/C13H19ClFNO2/c1-17-9-11(5-6-14)16-8-10-3-4-12(18-2)7-13(10)15/h3-4,7,11,16H,5-6,8-9H2,1-2H3. The Kier molecular flexibility index (Phi) is 7.01. The molecule has 102 valence electrons. The molecule has 0 aliphatic carbocycles. The summed E-state index contributed by atoms with van der Waals surface area (Å²) in [5.41, 5.74) is 0.603. The van der Waals surface area contributed by atoms with E-state index in [0.717, 1.165) is 6.42 Å². The van der Waals surface area contributed by atoms with Crippen LogP contribution in [0.5, 0.6) is 5.75 Å². The highest BCUT2D eigenvalue weighted by Crippen LogP contribution is 2.16. The third-order valence-electron chi connectivity index (χ3n) is 2.67. The lowest BCUT2D eigenvalue weighted by atomic mass is 10.1. The van der Waals surface area contributed by atoms with Crippen molar-refractivity contribution in [1.82, 2.24) is 5.32 Å². The second-order valence-corrected chi connectivity index (χ2v) is 4.35. The summed E-state index contributed by atoms with van der Waals surface area (Å²) >= 11 is 5.70. The summed E-state index contributed by atoms with van der Waals surface area (Å²) < 4.78 is 23.7. The Morgan fingerprint density at radius 2 is 2.17 bits per heavy atom. The van der Waals surface area contributed by atoms with E-state index in [4.69, 9.17) is 21.1 Å². The van der Waals surface area contributed by atoms with Crippen molar-refractivity contribution in [1.29, 1.82) is 0 Å². The first-order valence-electron chi connectivity index (χ1n) is 5.82. The molecule has 0 saturated carbocycles. The average Bonchev–Trinajstić information content (AvgIpc) is 2.37. The second-order valence-electron chi connectivity index (χ2n) is 3.97. The molecule has 1 aromatic carbocycles. The molecule has 1 N–H and O–H groups in total. The van der Waals surface area contributed by atoms with Gasteiger partial charge in [0.15, 0.2) is 0 Å². The number of halogens is 2. The van der Waals surface area contributed by atoms with Crippen LogP contribution >= 0.6 is 11.6 Å². The van der Waals surface area contributed by atoms with Gasteiger partial charge < -0.3 is 14.8 Å². The zero-order valence-electron chi connectivity index (χ0n) is 10.7. The fourth-order valence-corrected chi connectivity index (χ4v) is 1.89. The lowest BCUT2D eigenvalue weighted by molar-refractivity contribution is 0.164. The molecule has 0 aromatic heterocycles. The highest BCUT2D eigenvalue weighted by atomic mass is 35.5. The van der Waals surface area contributed by atoms with Gasteiger partial charge in [-0.05, 0) is 12.5 Å². The van der Waals surface area contributed by atoms with Crippen molar-refractivity contribution in [2.24, 2.45) is 0 Å². The number of ether oxygens (including phenoxy) is 2. The summed E-state index contributed by atoms with van der Waals surface area (Å²) in [6.45, 7) is 1.01. The van der Waals surface area contributed by atoms with E-state index in [0.29, 0.717) is 30.3 Å². The molecule has 1 aromatic rings. The van der Waals surface area contributed by atoms with E-state index in [1.165, 1.54) is 13.2 Å². The molecule has 0 aliphatic rings. The van der Waals surface area contributed by atoms with E-state index >= 15 is 0 Å². The molecule has 0 bridgehead atoms. The third-order valence-corrected chi connectivity index (χ3v) is 2.89. The maximum atomic E-state index is 13.7. The van der Waals surface area contributed by atoms with Crippen LogP contribution in [0.3, 0.4) is 0 Å². The molecule has 1 unspecified atom stereocenters. The Morgan fingerprint density at radius 1 is 1.39 bits per heavy atom. The van der Waals surface area contributed by atoms with Crippen molar-refractivity contribution in [3.05, 3.63) is 29.6 Å². The van der Waals surface area contributed by atoms with Crippen molar-refractivity contribution in [3.63, 3.8) is 0 Å². The molecule has 0 saturated heterocycles. The number of hydrogen-bond donors (Lipinski definition) is 1. The van der Waals surface area contributed by atoms with E-state index in [-0.39, 0.29) is 11.9 Å². The lowest BCUT2D eigenvalue weighted by Gasteiger charge is -2.17. The summed E-state index contributed by atoms with van der Waals surface area (Å²) in [6.07, 6.45) is 0.785. The van der Waals surface area contributed by atoms with Crippen LogP contribution in [0.2, 0.25) is 0 Å². The van der Waals surface area contributed by atoms with Gasteiger partial charge in [0.25, 0.3) is 0 Å². The van der Waals surface area contributed by atoms with Gasteiger partial charge in [0.05, 0.1) is 13.7 Å². The Morgan fingerprint density at radius 3 is 2.72 bits per heavy atom. The second kappa shape index (κ2) is 8.29. The molecule has 0 amide bonds. The van der Waals surface area contributed by atoms with Crippen molar-refractivity contribution in [3.8, 4) is 5.75 Å². The molecule has 0 fully saturated rings. The van der Waals surface area contributed by atoms with Crippen molar-refractivity contribution in [2.75, 3.05) is 26.7 Å². The summed E-state index contributed by atoms with van der Waals surface area (Å²) in [5.74, 6) is 0.792. The predicted molar refractivity (Wildman–Crippen MR) is 70.8 cm³/mol. The number of alkyl halides is 1. The molecule has 1 atom stereocenters. The van der Waals surface area contributed by atoms with Gasteiger partial charge in [-0.1, -0.05) is 6.07 Å². The smallest absolute Gasteiger partial charge is 0.131 e. The minimum Gasteiger partial charge on any atom is -0.497 e. The summed E-state index contributed by atoms with van der Waals surface area (Å²) in [5, 5.41) is 3.23. The van der Waals surface area contributed by atoms with E-state index in [1.54, 1.807) is 19.2 Å². The number of benzene rings is 1. The first-order valence-corrected chi connectivity index (χ1v) is 6.35. The van der Waals surface area contributed by atoms with Crippen LogP contribution in [0, 0.1) is 5.82 Å². The molecular weight excluding hydrogens is 257 g/mol. The Bertz CT molecular complexity index is 357. The molecular formula is C13H19ClFNO2. The van der Waals surface area contributed by atoms with E-state index < -0.39 is 0 Å². The molecule has 0 aliphatic heterocycles. The van der Waals surface area contributed by atoms with Gasteiger partial charge in [-0.3, -0.25) is 0 Å². The highest BCUT2D eigenvalue weighted by Gasteiger charge is 2.09. The zero-order valence-corrected chi connectivity index (χ0v) is 11.5. The molecule has 3 nitrogen and oxygen atoms in total. The molecule has 0 spiro atoms. The largest absolute Gasteiger partial charge is 0.497 e. The van der Waals surface area contributed by atoms with Crippen LogP contribution in [-0.2, 0) is 11.3 Å². The van der Waals surface area contributed by atoms with Gasteiger partial charge in [-0.15, -0.1) is 11.6 Å². The van der Waals surface area contributed by atoms with Gasteiger partial charge in [0.2, 0.25) is 0 Å². The van der Waals surface area contributed by atoms with Crippen LogP contribution in [0.25, 0.3) is 0 Å². The monoisotopic (exact) mass is 275 g/mol. The van der Waals surface area contributed by atoms with E-state index in [2.05, 4.69) is 5.32 Å². The number of hydrogen-bond acceptors (Lipinski definition) is 3. The van der Waals surface area contributed by atoms with E-state index in [9.17, 15) is 4.39 Å². The Balaban J connectivity index is 2.55. The fourth-order valence-electron chi connectivity index (χ4n) is 1.63. The number of nitrogens with one attached hydrogen (secondary N) is 1. The quantitative estimate of drug-likeness (QED) is 0.740. The predicted octanol–water partition coefficient (Wildman–Crippen LogP) is 2.57. The van der Waals surface area contributed by atoms with Gasteiger partial charge in [-0.25, -0.2) is 4.39 Å². The number of rotatable bonds is 8. The molecule has 0 heterocycles. The summed E-state index contributed by atoms with van der Waals surface area (Å²) in [7, 11) is 3.15. The minimum atomic E-state index is -0.274. The van der Waals surface area contributed by atoms with Crippen molar-refractivity contribution >= 4 is 11.6 Å². The van der Waals surface area contributed by atoms with Crippen LogP contribution < -0.4 is 10.1 Å². The van der Waals surface area contributed by atoms with Crippen LogP contribution in [0.1, 0.15) is 12.0 Å². The topological polar surface area (TPSA) is 30.5 Å². The third kappa shape index (κ3) is 4.80. The lowest BCUT2D eigenvalue weighted by Crippen LogP contribution is -2.33. The zero-order chi connectivity index (χ0) is 13.4. The normalized spacial score (nSPS) is 12.4. The van der Waals surface area contributed by atoms with Gasteiger partial charge >= 0.3 is 0 Å². The van der Waals surface area contributed by atoms with Crippen molar-refractivity contribution < 1.29 is 13.9 Å². The SMILES string of the molecule is COCC(CCCl)NCc1ccc(OC)cc1F. The van der Waals surface area contributed by atoms with E-state index in [1.807, 2.05) is 0 Å². The summed E-state index contributed by atoms with van der Waals surface area (Å²) in [6, 6.07) is 4.97. The minimum absolute atomic E-state index is 0.133. The molecule has 0 radical (unpaired) electrons. The first kappa shape index (κ1) is 15.2. The fraction of sp³-hybridized carbons (Fsp3) is 0.538.